The minimum Gasteiger partial charge on any atom is -0.442 e. The van der Waals surface area contributed by atoms with E-state index < -0.39 is 23.4 Å². The van der Waals surface area contributed by atoms with Gasteiger partial charge in [0.25, 0.3) is 5.91 Å². The molecule has 1 amide bonds. The smallest absolute Gasteiger partial charge is 0.435 e. The number of aryl methyl sites for hydroxylation is 2. The number of fused-ring (bicyclic) bond motifs is 1. The number of nitrogens with zero attached hydrogens (tertiary/aromatic N) is 4. The fourth-order valence-corrected chi connectivity index (χ4v) is 5.61. The van der Waals surface area contributed by atoms with Gasteiger partial charge in [0.2, 0.25) is 0 Å². The van der Waals surface area contributed by atoms with Crippen LogP contribution in [0.15, 0.2) is 36.5 Å². The molecule has 0 spiro atoms. The van der Waals surface area contributed by atoms with E-state index in [-0.39, 0.29) is 30.1 Å². The molecule has 0 bridgehead atoms. The topological polar surface area (TPSA) is 69.4 Å². The predicted octanol–water partition coefficient (Wildman–Crippen LogP) is 6.31. The van der Waals surface area contributed by atoms with Crippen molar-refractivity contribution >= 4 is 12.0 Å². The van der Waals surface area contributed by atoms with Crippen LogP contribution in [0, 0.1) is 13.8 Å². The number of benzene rings is 1. The van der Waals surface area contributed by atoms with Gasteiger partial charge in [-0.25, -0.2) is 4.79 Å². The molecule has 214 valence electrons. The summed E-state index contributed by atoms with van der Waals surface area (Å²) >= 11 is 0. The Bertz CT molecular complexity index is 1440. The van der Waals surface area contributed by atoms with Crippen molar-refractivity contribution in [3.05, 3.63) is 75.9 Å². The van der Waals surface area contributed by atoms with Gasteiger partial charge in [-0.1, -0.05) is 18.2 Å². The van der Waals surface area contributed by atoms with E-state index in [9.17, 15) is 22.8 Å². The van der Waals surface area contributed by atoms with E-state index in [1.807, 2.05) is 11.8 Å². The van der Waals surface area contributed by atoms with Crippen molar-refractivity contribution in [1.29, 1.82) is 0 Å². The number of aromatic nitrogens is 3. The summed E-state index contributed by atoms with van der Waals surface area (Å²) in [7, 11) is 0. The lowest BCUT2D eigenvalue weighted by Crippen LogP contribution is -2.45. The molecule has 1 aromatic carbocycles. The number of alkyl halides is 3. The van der Waals surface area contributed by atoms with Crippen molar-refractivity contribution in [3.8, 4) is 0 Å². The van der Waals surface area contributed by atoms with Crippen molar-refractivity contribution in [1.82, 2.24) is 19.2 Å². The molecule has 5 rings (SSSR count). The molecule has 0 aliphatic heterocycles. The Morgan fingerprint density at radius 3 is 2.42 bits per heavy atom. The molecule has 2 aromatic heterocycles. The highest BCUT2D eigenvalue weighted by Gasteiger charge is 2.41. The zero-order valence-corrected chi connectivity index (χ0v) is 23.5. The van der Waals surface area contributed by atoms with Gasteiger partial charge in [-0.05, 0) is 90.0 Å². The lowest BCUT2D eigenvalue weighted by molar-refractivity contribution is -0.138. The number of hydrogen-bond acceptors (Lipinski definition) is 4. The predicted molar refractivity (Wildman–Crippen MR) is 143 cm³/mol. The molecule has 7 nitrogen and oxygen atoms in total. The number of carbonyl (C=O) groups is 2. The zero-order chi connectivity index (χ0) is 29.0. The first kappa shape index (κ1) is 28.0. The van der Waals surface area contributed by atoms with Crippen LogP contribution in [0.2, 0.25) is 0 Å². The lowest BCUT2D eigenvalue weighted by atomic mass is 9.91. The van der Waals surface area contributed by atoms with E-state index in [2.05, 4.69) is 5.10 Å². The van der Waals surface area contributed by atoms with Crippen LogP contribution in [-0.4, -0.2) is 48.9 Å². The summed E-state index contributed by atoms with van der Waals surface area (Å²) in [5, 5.41) is 4.44. The highest BCUT2D eigenvalue weighted by Crippen LogP contribution is 2.36. The molecule has 0 saturated heterocycles. The standard InChI is InChI=1S/C30H35F3N4O3/c1-18-14-24(19(2)35(18)16-20-8-6-7-9-25(20)30(31,32)33)27(38)37(22-10-11-22)23-12-13-26-21(15-23)17-36(34-26)28(39)40-29(3,4)5/h6-9,14,17,22-23H,10-13,15-16H2,1-5H3. The molecule has 0 N–H and O–H groups in total. The normalized spacial score (nSPS) is 17.4. The van der Waals surface area contributed by atoms with Crippen molar-refractivity contribution in [2.75, 3.05) is 0 Å². The van der Waals surface area contributed by atoms with E-state index >= 15 is 0 Å². The van der Waals surface area contributed by atoms with Crippen LogP contribution < -0.4 is 0 Å². The molecule has 40 heavy (non-hydrogen) atoms. The maximum absolute atomic E-state index is 14.0. The third kappa shape index (κ3) is 5.67. The fraction of sp³-hybridized carbons (Fsp3) is 0.500. The van der Waals surface area contributed by atoms with E-state index in [1.165, 1.54) is 16.8 Å². The second-order valence-electron chi connectivity index (χ2n) is 11.9. The lowest BCUT2D eigenvalue weighted by Gasteiger charge is -2.34. The van der Waals surface area contributed by atoms with E-state index in [1.54, 1.807) is 50.6 Å². The Morgan fingerprint density at radius 2 is 1.77 bits per heavy atom. The van der Waals surface area contributed by atoms with Crippen LogP contribution in [0.1, 0.15) is 84.2 Å². The van der Waals surface area contributed by atoms with Gasteiger partial charge in [0.1, 0.15) is 5.60 Å². The van der Waals surface area contributed by atoms with E-state index in [0.29, 0.717) is 24.1 Å². The first-order chi connectivity index (χ1) is 18.7. The van der Waals surface area contributed by atoms with Crippen molar-refractivity contribution in [2.45, 2.75) is 97.1 Å². The minimum absolute atomic E-state index is 0.0285. The minimum atomic E-state index is -4.45. The largest absolute Gasteiger partial charge is 0.442 e. The highest BCUT2D eigenvalue weighted by molar-refractivity contribution is 5.96. The van der Waals surface area contributed by atoms with Gasteiger partial charge in [-0.15, -0.1) is 0 Å². The molecule has 2 aliphatic carbocycles. The first-order valence-corrected chi connectivity index (χ1v) is 13.7. The Hall–Kier alpha value is -3.56. The van der Waals surface area contributed by atoms with Gasteiger partial charge >= 0.3 is 12.3 Å². The maximum atomic E-state index is 14.0. The number of rotatable bonds is 5. The van der Waals surface area contributed by atoms with Crippen LogP contribution in [0.5, 0.6) is 0 Å². The summed E-state index contributed by atoms with van der Waals surface area (Å²) < 4.78 is 49.3. The summed E-state index contributed by atoms with van der Waals surface area (Å²) in [5.41, 5.74) is 2.53. The SMILES string of the molecule is Cc1cc(C(=O)N(C2CC2)C2CCc3nn(C(=O)OC(C)(C)C)cc3C2)c(C)n1Cc1ccccc1C(F)(F)F. The zero-order valence-electron chi connectivity index (χ0n) is 23.5. The van der Waals surface area contributed by atoms with Crippen LogP contribution in [-0.2, 0) is 30.3 Å². The fourth-order valence-electron chi connectivity index (χ4n) is 5.61. The Labute approximate surface area is 231 Å². The van der Waals surface area contributed by atoms with Crippen LogP contribution in [0.4, 0.5) is 18.0 Å². The summed E-state index contributed by atoms with van der Waals surface area (Å²) in [4.78, 5) is 28.5. The van der Waals surface area contributed by atoms with Gasteiger partial charge in [-0.3, -0.25) is 4.79 Å². The van der Waals surface area contributed by atoms with Crippen molar-refractivity contribution in [3.63, 3.8) is 0 Å². The van der Waals surface area contributed by atoms with Crippen LogP contribution >= 0.6 is 0 Å². The molecule has 1 saturated carbocycles. The Morgan fingerprint density at radius 1 is 1.07 bits per heavy atom. The monoisotopic (exact) mass is 556 g/mol. The molecule has 2 aliphatic rings. The molecule has 0 radical (unpaired) electrons. The third-order valence-corrected chi connectivity index (χ3v) is 7.65. The van der Waals surface area contributed by atoms with Crippen LogP contribution in [0.3, 0.4) is 0 Å². The highest BCUT2D eigenvalue weighted by atomic mass is 19.4. The number of hydrogen-bond donors (Lipinski definition) is 0. The third-order valence-electron chi connectivity index (χ3n) is 7.65. The van der Waals surface area contributed by atoms with Gasteiger partial charge < -0.3 is 14.2 Å². The number of ether oxygens (including phenoxy) is 1. The molecule has 1 atom stereocenters. The van der Waals surface area contributed by atoms with Crippen molar-refractivity contribution in [2.24, 2.45) is 0 Å². The van der Waals surface area contributed by atoms with Gasteiger partial charge in [-0.2, -0.15) is 23.0 Å². The summed E-state index contributed by atoms with van der Waals surface area (Å²) in [6.07, 6.45) is 0.497. The molecule has 1 unspecified atom stereocenters. The van der Waals surface area contributed by atoms with Gasteiger partial charge in [0, 0.05) is 36.2 Å². The van der Waals surface area contributed by atoms with E-state index in [4.69, 9.17) is 4.74 Å². The second-order valence-corrected chi connectivity index (χ2v) is 11.9. The Kier molecular flexibility index (Phi) is 7.08. The number of amides is 1. The van der Waals surface area contributed by atoms with Crippen LogP contribution in [0.25, 0.3) is 0 Å². The number of carbonyl (C=O) groups excluding carboxylic acids is 2. The number of halogens is 3. The molecule has 2 heterocycles. The van der Waals surface area contributed by atoms with Gasteiger partial charge in [0.15, 0.2) is 0 Å². The first-order valence-electron chi connectivity index (χ1n) is 13.7. The van der Waals surface area contributed by atoms with Crippen molar-refractivity contribution < 1.29 is 27.5 Å². The molecular formula is C30H35F3N4O3. The average molecular weight is 557 g/mol. The second kappa shape index (κ2) is 10.1. The molecule has 10 heteroatoms. The summed E-state index contributed by atoms with van der Waals surface area (Å²) in [6, 6.07) is 7.42. The quantitative estimate of drug-likeness (QED) is 0.369. The molecular weight excluding hydrogens is 521 g/mol. The Balaban J connectivity index is 1.38. The molecule has 3 aromatic rings. The van der Waals surface area contributed by atoms with Gasteiger partial charge in [0.05, 0.1) is 16.8 Å². The maximum Gasteiger partial charge on any atom is 0.435 e. The van der Waals surface area contributed by atoms with E-state index in [0.717, 1.165) is 42.3 Å². The summed E-state index contributed by atoms with van der Waals surface area (Å²) in [5.74, 6) is -0.0982. The average Bonchev–Trinajstić information content (AvgIpc) is 3.53. The summed E-state index contributed by atoms with van der Waals surface area (Å²) in [6.45, 7) is 9.05. The molecule has 1 fully saturated rings.